The summed E-state index contributed by atoms with van der Waals surface area (Å²) in [5.41, 5.74) is 8.37. The van der Waals surface area contributed by atoms with Gasteiger partial charge in [-0.2, -0.15) is 0 Å². The molecule has 19 heavy (non-hydrogen) atoms. The van der Waals surface area contributed by atoms with Crippen molar-refractivity contribution in [3.8, 4) is 0 Å². The molecule has 0 aliphatic rings. The first kappa shape index (κ1) is 14.2. The second-order valence-corrected chi connectivity index (χ2v) is 5.46. The maximum absolute atomic E-state index is 13.6. The molecule has 0 aromatic heterocycles. The number of rotatable bonds is 3. The van der Waals surface area contributed by atoms with Gasteiger partial charge in [0.1, 0.15) is 11.6 Å². The summed E-state index contributed by atoms with van der Waals surface area (Å²) in [4.78, 5) is 0. The quantitative estimate of drug-likeness (QED) is 0.895. The molecule has 2 rings (SSSR count). The Morgan fingerprint density at radius 3 is 2.63 bits per heavy atom. The van der Waals surface area contributed by atoms with E-state index in [2.05, 4.69) is 15.9 Å². The van der Waals surface area contributed by atoms with E-state index in [0.29, 0.717) is 5.56 Å². The summed E-state index contributed by atoms with van der Waals surface area (Å²) in [5.74, 6) is -0.876. The third kappa shape index (κ3) is 3.39. The first-order valence-electron chi connectivity index (χ1n) is 5.93. The summed E-state index contributed by atoms with van der Waals surface area (Å²) in [6, 6.07) is 8.85. The number of halogens is 3. The smallest absolute Gasteiger partial charge is 0.126 e. The van der Waals surface area contributed by atoms with Crippen LogP contribution in [0, 0.1) is 18.6 Å². The minimum Gasteiger partial charge on any atom is -0.324 e. The Kier molecular flexibility index (Phi) is 4.32. The molecule has 2 aromatic rings. The van der Waals surface area contributed by atoms with Gasteiger partial charge in [0, 0.05) is 10.5 Å². The predicted molar refractivity (Wildman–Crippen MR) is 75.9 cm³/mol. The molecule has 0 radical (unpaired) electrons. The summed E-state index contributed by atoms with van der Waals surface area (Å²) >= 11 is 3.39. The molecule has 0 saturated heterocycles. The molecule has 2 N–H and O–H groups in total. The molecule has 0 aliphatic heterocycles. The van der Waals surface area contributed by atoms with Crippen LogP contribution < -0.4 is 5.73 Å². The topological polar surface area (TPSA) is 26.0 Å². The molecule has 0 aliphatic carbocycles. The van der Waals surface area contributed by atoms with Crippen LogP contribution in [0.3, 0.4) is 0 Å². The third-order valence-electron chi connectivity index (χ3n) is 3.09. The first-order valence-corrected chi connectivity index (χ1v) is 6.72. The van der Waals surface area contributed by atoms with E-state index >= 15 is 0 Å². The molecule has 0 amide bonds. The van der Waals surface area contributed by atoms with E-state index in [1.54, 1.807) is 0 Å². The average molecular weight is 326 g/mol. The van der Waals surface area contributed by atoms with Gasteiger partial charge in [-0.05, 0) is 60.4 Å². The van der Waals surface area contributed by atoms with Gasteiger partial charge >= 0.3 is 0 Å². The zero-order valence-electron chi connectivity index (χ0n) is 10.5. The zero-order chi connectivity index (χ0) is 14.0. The number of hydrogen-bond donors (Lipinski definition) is 1. The number of aryl methyl sites for hydroxylation is 1. The summed E-state index contributed by atoms with van der Waals surface area (Å²) in [5, 5.41) is 0. The minimum absolute atomic E-state index is 0.265. The molecule has 2 aromatic carbocycles. The van der Waals surface area contributed by atoms with Crippen molar-refractivity contribution < 1.29 is 8.78 Å². The van der Waals surface area contributed by atoms with Crippen molar-refractivity contribution in [2.24, 2.45) is 5.73 Å². The maximum Gasteiger partial charge on any atom is 0.126 e. The van der Waals surface area contributed by atoms with Crippen LogP contribution in [-0.2, 0) is 6.42 Å². The van der Waals surface area contributed by atoms with Crippen molar-refractivity contribution in [2.75, 3.05) is 0 Å². The Morgan fingerprint density at radius 2 is 1.89 bits per heavy atom. The van der Waals surface area contributed by atoms with Crippen molar-refractivity contribution in [2.45, 2.75) is 19.4 Å². The van der Waals surface area contributed by atoms with E-state index in [4.69, 9.17) is 5.73 Å². The predicted octanol–water partition coefficient (Wildman–Crippen LogP) is 4.28. The molecule has 0 spiro atoms. The lowest BCUT2D eigenvalue weighted by Gasteiger charge is -2.16. The Morgan fingerprint density at radius 1 is 1.16 bits per heavy atom. The molecule has 0 fully saturated rings. The summed E-state index contributed by atoms with van der Waals surface area (Å²) in [6.45, 7) is 1.95. The van der Waals surface area contributed by atoms with Crippen LogP contribution >= 0.6 is 15.9 Å². The van der Waals surface area contributed by atoms with Crippen LogP contribution in [0.25, 0.3) is 0 Å². The fraction of sp³-hybridized carbons (Fsp3) is 0.200. The van der Waals surface area contributed by atoms with Crippen LogP contribution in [0.1, 0.15) is 22.7 Å². The number of hydrogen-bond acceptors (Lipinski definition) is 1. The molecule has 1 unspecified atom stereocenters. The highest BCUT2D eigenvalue weighted by Gasteiger charge is 2.13. The van der Waals surface area contributed by atoms with Crippen molar-refractivity contribution in [3.63, 3.8) is 0 Å². The van der Waals surface area contributed by atoms with Crippen LogP contribution in [0.5, 0.6) is 0 Å². The molecular formula is C15H14BrF2N. The maximum atomic E-state index is 13.6. The highest BCUT2D eigenvalue weighted by Crippen LogP contribution is 2.24. The van der Waals surface area contributed by atoms with Crippen molar-refractivity contribution in [1.29, 1.82) is 0 Å². The number of nitrogens with two attached hydrogens (primary N) is 1. The lowest BCUT2D eigenvalue weighted by molar-refractivity contribution is 0.572. The highest BCUT2D eigenvalue weighted by atomic mass is 79.9. The molecular weight excluding hydrogens is 312 g/mol. The van der Waals surface area contributed by atoms with Crippen molar-refractivity contribution in [3.05, 3.63) is 69.2 Å². The van der Waals surface area contributed by atoms with Gasteiger partial charge < -0.3 is 5.73 Å². The van der Waals surface area contributed by atoms with Gasteiger partial charge in [-0.15, -0.1) is 0 Å². The second-order valence-electron chi connectivity index (χ2n) is 4.55. The average Bonchev–Trinajstić information content (AvgIpc) is 2.36. The lowest BCUT2D eigenvalue weighted by atomic mass is 9.96. The Labute approximate surface area is 119 Å². The largest absolute Gasteiger partial charge is 0.324 e. The van der Waals surface area contributed by atoms with Gasteiger partial charge in [-0.25, -0.2) is 8.78 Å². The lowest BCUT2D eigenvalue weighted by Crippen LogP contribution is -2.15. The SMILES string of the molecule is Cc1ccc(Br)cc1C(N)Cc1cc(F)ccc1F. The first-order chi connectivity index (χ1) is 8.97. The Hall–Kier alpha value is -1.26. The van der Waals surface area contributed by atoms with Gasteiger partial charge in [0.25, 0.3) is 0 Å². The van der Waals surface area contributed by atoms with Crippen LogP contribution in [0.4, 0.5) is 8.78 Å². The standard InChI is InChI=1S/C15H14BrF2N/c1-9-2-3-11(16)8-13(9)15(19)7-10-6-12(17)4-5-14(10)18/h2-6,8,15H,7,19H2,1H3. The van der Waals surface area contributed by atoms with Crippen molar-refractivity contribution >= 4 is 15.9 Å². The van der Waals surface area contributed by atoms with Gasteiger partial charge in [0.2, 0.25) is 0 Å². The normalized spacial score (nSPS) is 12.5. The third-order valence-corrected chi connectivity index (χ3v) is 3.58. The highest BCUT2D eigenvalue weighted by molar-refractivity contribution is 9.10. The van der Waals surface area contributed by atoms with Crippen LogP contribution in [-0.4, -0.2) is 0 Å². The molecule has 100 valence electrons. The van der Waals surface area contributed by atoms with Gasteiger partial charge in [-0.3, -0.25) is 0 Å². The summed E-state index contributed by atoms with van der Waals surface area (Å²) in [7, 11) is 0. The zero-order valence-corrected chi connectivity index (χ0v) is 12.0. The molecule has 1 nitrogen and oxygen atoms in total. The van der Waals surface area contributed by atoms with Gasteiger partial charge in [0.15, 0.2) is 0 Å². The summed E-state index contributed by atoms with van der Waals surface area (Å²) in [6.07, 6.45) is 0.265. The molecule has 0 bridgehead atoms. The van der Waals surface area contributed by atoms with E-state index in [-0.39, 0.29) is 12.5 Å². The monoisotopic (exact) mass is 325 g/mol. The van der Waals surface area contributed by atoms with Crippen LogP contribution in [0.2, 0.25) is 0 Å². The van der Waals surface area contributed by atoms with E-state index in [1.165, 1.54) is 6.07 Å². The second kappa shape index (κ2) is 5.80. The van der Waals surface area contributed by atoms with E-state index < -0.39 is 11.6 Å². The molecule has 0 saturated carbocycles. The summed E-state index contributed by atoms with van der Waals surface area (Å²) < 4.78 is 27.6. The molecule has 1 atom stereocenters. The van der Waals surface area contributed by atoms with E-state index in [9.17, 15) is 8.78 Å². The van der Waals surface area contributed by atoms with E-state index in [1.807, 2.05) is 25.1 Å². The molecule has 0 heterocycles. The van der Waals surface area contributed by atoms with Crippen LogP contribution in [0.15, 0.2) is 40.9 Å². The molecule has 4 heteroatoms. The van der Waals surface area contributed by atoms with Gasteiger partial charge in [-0.1, -0.05) is 22.0 Å². The fourth-order valence-corrected chi connectivity index (χ4v) is 2.44. The Balaban J connectivity index is 2.27. The Bertz CT molecular complexity index is 599. The minimum atomic E-state index is -0.449. The van der Waals surface area contributed by atoms with E-state index in [0.717, 1.165) is 27.7 Å². The fourth-order valence-electron chi connectivity index (χ4n) is 2.06. The van der Waals surface area contributed by atoms with Gasteiger partial charge in [0.05, 0.1) is 0 Å². The van der Waals surface area contributed by atoms with Crippen molar-refractivity contribution in [1.82, 2.24) is 0 Å². The number of benzene rings is 2.